The number of carbonyl (C=O) groups is 3. The molecule has 0 aromatic carbocycles. The van der Waals surface area contributed by atoms with Gasteiger partial charge in [-0.25, -0.2) is 0 Å². The number of ketones is 3. The van der Waals surface area contributed by atoms with Crippen LogP contribution in [0.15, 0.2) is 11.6 Å². The lowest BCUT2D eigenvalue weighted by molar-refractivity contribution is -0.189. The molecule has 38 heavy (non-hydrogen) atoms. The lowest BCUT2D eigenvalue weighted by Crippen LogP contribution is -2.67. The Bertz CT molecular complexity index is 1080. The second kappa shape index (κ2) is 8.53. The molecular weight excluding hydrogens is 488 g/mol. The maximum Gasteiger partial charge on any atom is 0.164 e. The van der Waals surface area contributed by atoms with Gasteiger partial charge in [-0.2, -0.15) is 0 Å². The molecule has 0 saturated heterocycles. The van der Waals surface area contributed by atoms with Crippen molar-refractivity contribution in [3.8, 4) is 0 Å². The largest absolute Gasteiger partial charge is 0.393 e. The number of Topliss-reactive ketones (excluding diaryl/α,β-unsaturated/α-hetero) is 2. The summed E-state index contributed by atoms with van der Waals surface area (Å²) < 4.78 is 0. The summed E-state index contributed by atoms with van der Waals surface area (Å²) in [5.41, 5.74) is -6.47. The first-order valence-corrected chi connectivity index (χ1v) is 13.9. The van der Waals surface area contributed by atoms with E-state index in [1.54, 1.807) is 47.6 Å². The maximum atomic E-state index is 14.2. The standard InChI is InChI=1S/C30H46O8/c1-25(2,37)10-9-20(34)30(8,38)23-19(33)13-27(5)22-17(31)11-15-16(12-18(32)24(36)26(15,3)4)29(22,7)21(35)14-28(23,27)6/h11,16,18-19,22-24,32-33,36-38H,9-10,12-14H2,1-8H3/t16-,18-,19+,22-,23-,24-,27-,28+,29?,30-/m0/s1. The molecule has 214 valence electrons. The Morgan fingerprint density at radius 2 is 1.55 bits per heavy atom. The molecule has 0 bridgehead atoms. The summed E-state index contributed by atoms with van der Waals surface area (Å²) in [7, 11) is 0. The molecular formula is C30H46O8. The van der Waals surface area contributed by atoms with Crippen LogP contribution in [0.5, 0.6) is 0 Å². The van der Waals surface area contributed by atoms with E-state index in [0.717, 1.165) is 0 Å². The SMILES string of the molecule is CC(C)(O)CCC(=O)[C@](C)(O)[C@H]1[C@H](O)C[C@@]2(C)[C@@H]3C(=O)C=C4[C@H](C[C@H](O)[C@H](O)C4(C)C)C3(C)C(=O)C[C@]12C. The Morgan fingerprint density at radius 1 is 0.974 bits per heavy atom. The average Bonchev–Trinajstić information content (AvgIpc) is 2.96. The van der Waals surface area contributed by atoms with Crippen LogP contribution in [0, 0.1) is 39.4 Å². The highest BCUT2D eigenvalue weighted by molar-refractivity contribution is 6.03. The van der Waals surface area contributed by atoms with Crippen molar-refractivity contribution in [1.29, 1.82) is 0 Å². The van der Waals surface area contributed by atoms with Gasteiger partial charge in [0.2, 0.25) is 0 Å². The van der Waals surface area contributed by atoms with Gasteiger partial charge < -0.3 is 25.5 Å². The maximum absolute atomic E-state index is 14.2. The van der Waals surface area contributed by atoms with E-state index in [4.69, 9.17) is 0 Å². The third kappa shape index (κ3) is 3.77. The minimum absolute atomic E-state index is 0.0384. The molecule has 0 aromatic heterocycles. The molecule has 3 saturated carbocycles. The Kier molecular flexibility index (Phi) is 6.63. The van der Waals surface area contributed by atoms with Crippen molar-refractivity contribution in [3.05, 3.63) is 11.6 Å². The minimum Gasteiger partial charge on any atom is -0.393 e. The summed E-state index contributed by atoms with van der Waals surface area (Å²) in [6.07, 6.45) is -1.43. The van der Waals surface area contributed by atoms with Crippen LogP contribution in [0.3, 0.4) is 0 Å². The molecule has 0 amide bonds. The van der Waals surface area contributed by atoms with Gasteiger partial charge in [-0.1, -0.05) is 40.2 Å². The highest BCUT2D eigenvalue weighted by Crippen LogP contribution is 2.73. The van der Waals surface area contributed by atoms with Crippen LogP contribution in [0.25, 0.3) is 0 Å². The predicted octanol–water partition coefficient (Wildman–Crippen LogP) is 2.12. The fourth-order valence-corrected chi connectivity index (χ4v) is 9.21. The van der Waals surface area contributed by atoms with Crippen molar-refractivity contribution < 1.29 is 39.9 Å². The van der Waals surface area contributed by atoms with Crippen molar-refractivity contribution in [2.75, 3.05) is 0 Å². The normalized spacial score (nSPS) is 46.0. The molecule has 5 N–H and O–H groups in total. The van der Waals surface area contributed by atoms with Crippen molar-refractivity contribution in [1.82, 2.24) is 0 Å². The van der Waals surface area contributed by atoms with E-state index in [2.05, 4.69) is 0 Å². The Balaban J connectivity index is 1.81. The van der Waals surface area contributed by atoms with Gasteiger partial charge in [-0.05, 0) is 62.9 Å². The van der Waals surface area contributed by atoms with E-state index < -0.39 is 74.7 Å². The van der Waals surface area contributed by atoms with Crippen LogP contribution in [0.4, 0.5) is 0 Å². The molecule has 4 aliphatic carbocycles. The lowest BCUT2D eigenvalue weighted by Gasteiger charge is -2.64. The van der Waals surface area contributed by atoms with Gasteiger partial charge in [0.15, 0.2) is 11.6 Å². The van der Waals surface area contributed by atoms with Crippen LogP contribution in [0.2, 0.25) is 0 Å². The number of fused-ring (bicyclic) bond motifs is 5. The molecule has 8 heteroatoms. The highest BCUT2D eigenvalue weighted by atomic mass is 16.3. The summed E-state index contributed by atoms with van der Waals surface area (Å²) in [6.45, 7) is 13.6. The Morgan fingerprint density at radius 3 is 2.11 bits per heavy atom. The van der Waals surface area contributed by atoms with Crippen molar-refractivity contribution in [2.45, 2.75) is 117 Å². The van der Waals surface area contributed by atoms with Crippen molar-refractivity contribution in [2.24, 2.45) is 39.4 Å². The van der Waals surface area contributed by atoms with E-state index >= 15 is 0 Å². The molecule has 0 aliphatic heterocycles. The predicted molar refractivity (Wildman–Crippen MR) is 140 cm³/mol. The van der Waals surface area contributed by atoms with E-state index in [0.29, 0.717) is 5.57 Å². The average molecular weight is 535 g/mol. The van der Waals surface area contributed by atoms with Crippen LogP contribution < -0.4 is 0 Å². The first-order valence-electron chi connectivity index (χ1n) is 13.9. The van der Waals surface area contributed by atoms with E-state index in [1.807, 2.05) is 6.92 Å². The third-order valence-corrected chi connectivity index (χ3v) is 11.5. The Hall–Kier alpha value is -1.45. The second-order valence-electron chi connectivity index (χ2n) is 14.8. The van der Waals surface area contributed by atoms with Gasteiger partial charge >= 0.3 is 0 Å². The van der Waals surface area contributed by atoms with Crippen LogP contribution in [-0.2, 0) is 14.4 Å². The smallest absolute Gasteiger partial charge is 0.164 e. The molecule has 0 spiro atoms. The number of hydrogen-bond acceptors (Lipinski definition) is 8. The minimum atomic E-state index is -1.98. The summed E-state index contributed by atoms with van der Waals surface area (Å²) in [5, 5.41) is 54.7. The van der Waals surface area contributed by atoms with Gasteiger partial charge in [0, 0.05) is 35.5 Å². The summed E-state index contributed by atoms with van der Waals surface area (Å²) in [5.74, 6) is -3.23. The van der Waals surface area contributed by atoms with Crippen LogP contribution >= 0.6 is 0 Å². The molecule has 8 nitrogen and oxygen atoms in total. The topological polar surface area (TPSA) is 152 Å². The third-order valence-electron chi connectivity index (χ3n) is 11.5. The van der Waals surface area contributed by atoms with Gasteiger partial charge in [-0.3, -0.25) is 14.4 Å². The van der Waals surface area contributed by atoms with Gasteiger partial charge in [0.25, 0.3) is 0 Å². The zero-order chi connectivity index (χ0) is 29.0. The molecule has 1 unspecified atom stereocenters. The summed E-state index contributed by atoms with van der Waals surface area (Å²) in [4.78, 5) is 41.5. The van der Waals surface area contributed by atoms with E-state index in [9.17, 15) is 39.9 Å². The zero-order valence-corrected chi connectivity index (χ0v) is 24.0. The van der Waals surface area contributed by atoms with E-state index in [-0.39, 0.29) is 43.7 Å². The molecule has 0 radical (unpaired) electrons. The summed E-state index contributed by atoms with van der Waals surface area (Å²) in [6, 6.07) is 0. The molecule has 4 rings (SSSR count). The number of allylic oxidation sites excluding steroid dienone is 1. The number of aliphatic hydroxyl groups is 5. The monoisotopic (exact) mass is 534 g/mol. The molecule has 4 aliphatic rings. The number of rotatable bonds is 5. The highest BCUT2D eigenvalue weighted by Gasteiger charge is 2.76. The van der Waals surface area contributed by atoms with Crippen molar-refractivity contribution in [3.63, 3.8) is 0 Å². The second-order valence-corrected chi connectivity index (χ2v) is 14.8. The summed E-state index contributed by atoms with van der Waals surface area (Å²) >= 11 is 0. The molecule has 3 fully saturated rings. The Labute approximate surface area is 225 Å². The first-order chi connectivity index (χ1) is 17.1. The van der Waals surface area contributed by atoms with E-state index in [1.165, 1.54) is 6.92 Å². The van der Waals surface area contributed by atoms with Crippen LogP contribution in [-0.4, -0.2) is 72.4 Å². The fourth-order valence-electron chi connectivity index (χ4n) is 9.21. The number of hydrogen-bond donors (Lipinski definition) is 5. The fraction of sp³-hybridized carbons (Fsp3) is 0.833. The lowest BCUT2D eigenvalue weighted by atomic mass is 9.38. The van der Waals surface area contributed by atoms with Crippen LogP contribution in [0.1, 0.15) is 87.5 Å². The first kappa shape index (κ1) is 29.5. The van der Waals surface area contributed by atoms with Gasteiger partial charge in [0.05, 0.1) is 23.9 Å². The number of carbonyl (C=O) groups excluding carboxylic acids is 3. The quantitative estimate of drug-likeness (QED) is 0.360. The molecule has 10 atom stereocenters. The number of aliphatic hydroxyl groups excluding tert-OH is 3. The molecule has 0 aromatic rings. The van der Waals surface area contributed by atoms with Gasteiger partial charge in [-0.15, -0.1) is 0 Å². The zero-order valence-electron chi connectivity index (χ0n) is 24.0. The van der Waals surface area contributed by atoms with Gasteiger partial charge in [0.1, 0.15) is 11.4 Å². The molecule has 0 heterocycles. The van der Waals surface area contributed by atoms with Crippen molar-refractivity contribution >= 4 is 17.3 Å².